The Bertz CT molecular complexity index is 450. The van der Waals surface area contributed by atoms with Crippen LogP contribution in [0.2, 0.25) is 0 Å². The molecule has 0 spiro atoms. The van der Waals surface area contributed by atoms with Crippen molar-refractivity contribution in [3.63, 3.8) is 0 Å². The lowest BCUT2D eigenvalue weighted by atomic mass is 10.3. The van der Waals surface area contributed by atoms with E-state index in [-0.39, 0.29) is 17.3 Å². The van der Waals surface area contributed by atoms with Crippen LogP contribution in [0.5, 0.6) is 0 Å². The predicted octanol–water partition coefficient (Wildman–Crippen LogP) is 0.346. The molecule has 0 aliphatic heterocycles. The summed E-state index contributed by atoms with van der Waals surface area (Å²) in [7, 11) is -3.77. The molecule has 90 valence electrons. The third-order valence-corrected chi connectivity index (χ3v) is 3.23. The largest absolute Gasteiger partial charge is 0.390 e. The Morgan fingerprint density at radius 1 is 1.44 bits per heavy atom. The molecule has 0 aliphatic rings. The quantitative estimate of drug-likeness (QED) is 0.669. The zero-order chi connectivity index (χ0) is 12.2. The lowest BCUT2D eigenvalue weighted by Crippen LogP contribution is -2.22. The van der Waals surface area contributed by atoms with E-state index in [9.17, 15) is 13.5 Å². The minimum atomic E-state index is -3.77. The summed E-state index contributed by atoms with van der Waals surface area (Å²) in [5.74, 6) is 0.0740. The van der Waals surface area contributed by atoms with Gasteiger partial charge in [-0.1, -0.05) is 12.1 Å². The van der Waals surface area contributed by atoms with E-state index in [4.69, 9.17) is 16.7 Å². The van der Waals surface area contributed by atoms with Crippen LogP contribution in [0, 0.1) is 0 Å². The topological polar surface area (TPSA) is 92.4 Å². The van der Waals surface area contributed by atoms with E-state index in [1.807, 2.05) is 0 Å². The summed E-state index contributed by atoms with van der Waals surface area (Å²) in [5, 5.41) is 17.1. The third-order valence-electron chi connectivity index (χ3n) is 1.90. The number of benzene rings is 1. The molecule has 0 saturated carbocycles. The summed E-state index contributed by atoms with van der Waals surface area (Å²) in [6.07, 6.45) is -0.741. The second kappa shape index (κ2) is 5.49. The first kappa shape index (κ1) is 13.2. The molecule has 0 bridgehead atoms. The summed E-state index contributed by atoms with van der Waals surface area (Å²) in [5.41, 5.74) is 0.356. The van der Waals surface area contributed by atoms with Gasteiger partial charge in [0.1, 0.15) is 4.90 Å². The number of halogens is 1. The van der Waals surface area contributed by atoms with Crippen LogP contribution in [-0.2, 0) is 10.0 Å². The smallest absolute Gasteiger partial charge is 0.240 e. The molecule has 16 heavy (non-hydrogen) atoms. The van der Waals surface area contributed by atoms with Crippen LogP contribution >= 0.6 is 11.6 Å². The van der Waals surface area contributed by atoms with E-state index in [0.29, 0.717) is 5.69 Å². The van der Waals surface area contributed by atoms with Gasteiger partial charge < -0.3 is 10.4 Å². The highest BCUT2D eigenvalue weighted by molar-refractivity contribution is 7.89. The summed E-state index contributed by atoms with van der Waals surface area (Å²) < 4.78 is 22.4. The highest BCUT2D eigenvalue weighted by Gasteiger charge is 2.13. The van der Waals surface area contributed by atoms with Crippen molar-refractivity contribution >= 4 is 27.3 Å². The molecule has 0 saturated heterocycles. The number of para-hydroxylation sites is 1. The van der Waals surface area contributed by atoms with Crippen LogP contribution in [0.4, 0.5) is 5.69 Å². The Kier molecular flexibility index (Phi) is 4.55. The van der Waals surface area contributed by atoms with Crippen LogP contribution in [-0.4, -0.2) is 32.1 Å². The van der Waals surface area contributed by atoms with Gasteiger partial charge in [0.15, 0.2) is 0 Å². The second-order valence-electron chi connectivity index (χ2n) is 3.23. The van der Waals surface area contributed by atoms with Crippen LogP contribution in [0.1, 0.15) is 0 Å². The van der Waals surface area contributed by atoms with Crippen molar-refractivity contribution in [1.29, 1.82) is 0 Å². The summed E-state index contributed by atoms with van der Waals surface area (Å²) in [6, 6.07) is 6.21. The number of anilines is 1. The van der Waals surface area contributed by atoms with Crippen LogP contribution < -0.4 is 10.5 Å². The van der Waals surface area contributed by atoms with Gasteiger partial charge in [0.25, 0.3) is 0 Å². The Labute approximate surface area is 99.3 Å². The Morgan fingerprint density at radius 2 is 2.06 bits per heavy atom. The average Bonchev–Trinajstić information content (AvgIpc) is 2.25. The Hall–Kier alpha value is -0.820. The molecule has 0 aliphatic carbocycles. The van der Waals surface area contributed by atoms with Gasteiger partial charge in [-0.25, -0.2) is 13.6 Å². The maximum absolute atomic E-state index is 11.2. The first-order valence-corrected chi connectivity index (χ1v) is 6.63. The molecule has 5 nitrogen and oxygen atoms in total. The van der Waals surface area contributed by atoms with Crippen LogP contribution in [0.3, 0.4) is 0 Å². The molecule has 1 aromatic carbocycles. The molecular formula is C9H13ClN2O3S. The fourth-order valence-corrected chi connectivity index (χ4v) is 1.97. The number of rotatable bonds is 5. The fourth-order valence-electron chi connectivity index (χ4n) is 1.14. The van der Waals surface area contributed by atoms with E-state index in [0.717, 1.165) is 0 Å². The van der Waals surface area contributed by atoms with Crippen molar-refractivity contribution in [2.75, 3.05) is 17.7 Å². The maximum atomic E-state index is 11.2. The van der Waals surface area contributed by atoms with E-state index in [1.54, 1.807) is 18.2 Å². The molecule has 0 fully saturated rings. The first-order valence-electron chi connectivity index (χ1n) is 4.55. The van der Waals surface area contributed by atoms with E-state index in [1.165, 1.54) is 6.07 Å². The van der Waals surface area contributed by atoms with Crippen molar-refractivity contribution in [3.8, 4) is 0 Å². The van der Waals surface area contributed by atoms with Gasteiger partial charge in [0, 0.05) is 6.54 Å². The highest BCUT2D eigenvalue weighted by Crippen LogP contribution is 2.18. The van der Waals surface area contributed by atoms with Gasteiger partial charge in [0.2, 0.25) is 10.0 Å². The van der Waals surface area contributed by atoms with E-state index >= 15 is 0 Å². The molecule has 1 atom stereocenters. The summed E-state index contributed by atoms with van der Waals surface area (Å²) >= 11 is 5.41. The van der Waals surface area contributed by atoms with Crippen molar-refractivity contribution in [2.45, 2.75) is 11.0 Å². The summed E-state index contributed by atoms with van der Waals surface area (Å²) in [6.45, 7) is 0.163. The number of sulfonamides is 1. The molecule has 7 heteroatoms. The van der Waals surface area contributed by atoms with Crippen molar-refractivity contribution < 1.29 is 13.5 Å². The monoisotopic (exact) mass is 264 g/mol. The fraction of sp³-hybridized carbons (Fsp3) is 0.333. The number of aliphatic hydroxyl groups is 1. The molecule has 1 unspecified atom stereocenters. The normalized spacial score (nSPS) is 13.4. The number of aliphatic hydroxyl groups excluding tert-OH is 1. The Morgan fingerprint density at radius 3 is 2.62 bits per heavy atom. The van der Waals surface area contributed by atoms with Gasteiger partial charge in [0.05, 0.1) is 17.7 Å². The number of hydrogen-bond acceptors (Lipinski definition) is 4. The molecule has 1 rings (SSSR count). The molecule has 4 N–H and O–H groups in total. The number of nitrogens with one attached hydrogen (secondary N) is 1. The van der Waals surface area contributed by atoms with Crippen molar-refractivity contribution in [1.82, 2.24) is 0 Å². The lowest BCUT2D eigenvalue weighted by molar-refractivity contribution is 0.211. The molecule has 0 heterocycles. The van der Waals surface area contributed by atoms with Gasteiger partial charge >= 0.3 is 0 Å². The second-order valence-corrected chi connectivity index (χ2v) is 5.07. The van der Waals surface area contributed by atoms with Crippen LogP contribution in [0.25, 0.3) is 0 Å². The van der Waals surface area contributed by atoms with Gasteiger partial charge in [-0.3, -0.25) is 0 Å². The first-order chi connectivity index (χ1) is 7.45. The SMILES string of the molecule is NS(=O)(=O)c1ccccc1NCC(O)CCl. The third kappa shape index (κ3) is 3.64. The van der Waals surface area contributed by atoms with E-state index < -0.39 is 16.1 Å². The molecule has 0 aromatic heterocycles. The predicted molar refractivity (Wildman–Crippen MR) is 63.0 cm³/mol. The maximum Gasteiger partial charge on any atom is 0.240 e. The zero-order valence-corrected chi connectivity index (χ0v) is 10.0. The van der Waals surface area contributed by atoms with Gasteiger partial charge in [-0.2, -0.15) is 0 Å². The Balaban J connectivity index is 2.88. The van der Waals surface area contributed by atoms with Crippen LogP contribution in [0.15, 0.2) is 29.2 Å². The number of alkyl halides is 1. The van der Waals surface area contributed by atoms with Crippen molar-refractivity contribution in [2.24, 2.45) is 5.14 Å². The minimum Gasteiger partial charge on any atom is -0.390 e. The number of nitrogens with two attached hydrogens (primary N) is 1. The van der Waals surface area contributed by atoms with E-state index in [2.05, 4.69) is 5.32 Å². The number of primary sulfonamides is 1. The molecular weight excluding hydrogens is 252 g/mol. The molecule has 1 aromatic rings. The molecule has 0 radical (unpaired) electrons. The minimum absolute atomic E-state index is 0.00299. The zero-order valence-electron chi connectivity index (χ0n) is 8.43. The standard InChI is InChI=1S/C9H13ClN2O3S/c10-5-7(13)6-12-8-3-1-2-4-9(8)16(11,14)15/h1-4,7,12-13H,5-6H2,(H2,11,14,15). The van der Waals surface area contributed by atoms with Gasteiger partial charge in [-0.05, 0) is 12.1 Å². The average molecular weight is 265 g/mol. The number of hydrogen-bond donors (Lipinski definition) is 3. The summed E-state index contributed by atoms with van der Waals surface area (Å²) in [4.78, 5) is -0.00299. The molecule has 0 amide bonds. The van der Waals surface area contributed by atoms with Crippen molar-refractivity contribution in [3.05, 3.63) is 24.3 Å². The highest BCUT2D eigenvalue weighted by atomic mass is 35.5. The van der Waals surface area contributed by atoms with Gasteiger partial charge in [-0.15, -0.1) is 11.6 Å². The lowest BCUT2D eigenvalue weighted by Gasteiger charge is -2.12.